The summed E-state index contributed by atoms with van der Waals surface area (Å²) in [7, 11) is 0. The van der Waals surface area contributed by atoms with Gasteiger partial charge in [0.25, 0.3) is 0 Å². The molecule has 1 N–H and O–H groups in total. The number of nitrogens with one attached hydrogen (secondary N) is 1. The molecule has 0 saturated heterocycles. The fourth-order valence-corrected chi connectivity index (χ4v) is 2.57. The maximum atomic E-state index is 9.03. The van der Waals surface area contributed by atoms with Crippen LogP contribution < -0.4 is 0 Å². The van der Waals surface area contributed by atoms with Crippen molar-refractivity contribution in [3.63, 3.8) is 0 Å². The third kappa shape index (κ3) is 1.22. The first-order chi connectivity index (χ1) is 7.72. The van der Waals surface area contributed by atoms with Gasteiger partial charge in [-0.25, -0.2) is 0 Å². The highest BCUT2D eigenvalue weighted by Crippen LogP contribution is 2.44. The molecule has 80 valence electrons. The minimum Gasteiger partial charge on any atom is -0.329 e. The number of rotatable bonds is 1. The lowest BCUT2D eigenvalue weighted by atomic mass is 10.2. The van der Waals surface area contributed by atoms with E-state index in [0.717, 1.165) is 15.8 Å². The number of para-hydroxylation sites is 1. The summed E-state index contributed by atoms with van der Waals surface area (Å²) < 4.78 is 2.88. The Morgan fingerprint density at radius 2 is 2.31 bits per heavy atom. The van der Waals surface area contributed by atoms with Crippen molar-refractivity contribution in [1.29, 1.82) is 5.26 Å². The molecule has 2 aromatic rings. The van der Waals surface area contributed by atoms with Crippen molar-refractivity contribution in [1.82, 2.24) is 9.55 Å². The molecule has 3 nitrogen and oxygen atoms in total. The number of fused-ring (bicyclic) bond motifs is 1. The van der Waals surface area contributed by atoms with E-state index in [0.29, 0.717) is 17.5 Å². The molecule has 0 amide bonds. The predicted octanol–water partition coefficient (Wildman–Crippen LogP) is 3.15. The van der Waals surface area contributed by atoms with Crippen molar-refractivity contribution >= 4 is 23.3 Å². The molecule has 4 heteroatoms. The van der Waals surface area contributed by atoms with Crippen molar-refractivity contribution in [2.45, 2.75) is 19.4 Å². The van der Waals surface area contributed by atoms with E-state index in [2.05, 4.69) is 22.5 Å². The van der Waals surface area contributed by atoms with Gasteiger partial charge in [0.1, 0.15) is 6.07 Å². The second-order valence-electron chi connectivity index (χ2n) is 4.39. The molecule has 3 rings (SSSR count). The first kappa shape index (κ1) is 9.61. The summed E-state index contributed by atoms with van der Waals surface area (Å²) in [5.41, 5.74) is 2.59. The lowest BCUT2D eigenvalue weighted by molar-refractivity contribution is 0.695. The number of aromatic nitrogens is 2. The maximum Gasteiger partial charge on any atom is 0.178 e. The van der Waals surface area contributed by atoms with Crippen LogP contribution >= 0.6 is 12.2 Å². The number of hydrogen-bond donors (Lipinski definition) is 1. The summed E-state index contributed by atoms with van der Waals surface area (Å²) >= 11 is 5.33. The SMILES string of the molecule is CC1CC1n1c(=S)[nH]c2c(C#N)cccc21. The second-order valence-corrected chi connectivity index (χ2v) is 4.78. The smallest absolute Gasteiger partial charge is 0.178 e. The number of H-pyrrole nitrogens is 1. The van der Waals surface area contributed by atoms with Crippen LogP contribution in [0.25, 0.3) is 11.0 Å². The number of aromatic amines is 1. The van der Waals surface area contributed by atoms with Gasteiger partial charge in [0, 0.05) is 6.04 Å². The molecule has 1 aromatic carbocycles. The van der Waals surface area contributed by atoms with Crippen LogP contribution in [-0.2, 0) is 0 Å². The maximum absolute atomic E-state index is 9.03. The highest BCUT2D eigenvalue weighted by Gasteiger charge is 2.35. The van der Waals surface area contributed by atoms with Crippen molar-refractivity contribution in [2.75, 3.05) is 0 Å². The van der Waals surface area contributed by atoms with Gasteiger partial charge in [-0.3, -0.25) is 0 Å². The standard InChI is InChI=1S/C12H11N3S/c1-7-5-10(7)15-9-4-2-3-8(6-13)11(9)14-12(15)16/h2-4,7,10H,5H2,1H3,(H,14,16). The van der Waals surface area contributed by atoms with Crippen LogP contribution in [0.5, 0.6) is 0 Å². The summed E-state index contributed by atoms with van der Waals surface area (Å²) in [6.45, 7) is 2.22. The Hall–Kier alpha value is -1.60. The zero-order valence-electron chi connectivity index (χ0n) is 8.90. The molecule has 1 aliphatic rings. The van der Waals surface area contributed by atoms with Crippen LogP contribution in [0.4, 0.5) is 0 Å². The molecule has 0 aliphatic heterocycles. The van der Waals surface area contributed by atoms with Gasteiger partial charge in [0.05, 0.1) is 16.6 Å². The molecular formula is C12H11N3S. The van der Waals surface area contributed by atoms with Crippen LogP contribution in [0.1, 0.15) is 24.9 Å². The van der Waals surface area contributed by atoms with E-state index in [1.54, 1.807) is 0 Å². The number of nitrogens with zero attached hydrogens (tertiary/aromatic N) is 2. The van der Waals surface area contributed by atoms with Crippen LogP contribution in [-0.4, -0.2) is 9.55 Å². The molecule has 1 saturated carbocycles. The van der Waals surface area contributed by atoms with Gasteiger partial charge < -0.3 is 9.55 Å². The normalized spacial score (nSPS) is 23.2. The van der Waals surface area contributed by atoms with Crippen LogP contribution in [0, 0.1) is 22.0 Å². The number of benzene rings is 1. The van der Waals surface area contributed by atoms with Crippen molar-refractivity contribution < 1.29 is 0 Å². The summed E-state index contributed by atoms with van der Waals surface area (Å²) in [6.07, 6.45) is 1.18. The van der Waals surface area contributed by atoms with E-state index in [1.165, 1.54) is 6.42 Å². The quantitative estimate of drug-likeness (QED) is 0.763. The van der Waals surface area contributed by atoms with E-state index >= 15 is 0 Å². The molecule has 2 atom stereocenters. The van der Waals surface area contributed by atoms with Gasteiger partial charge in [0.2, 0.25) is 0 Å². The largest absolute Gasteiger partial charge is 0.329 e. The summed E-state index contributed by atoms with van der Waals surface area (Å²) in [6, 6.07) is 8.44. The monoisotopic (exact) mass is 229 g/mol. The Morgan fingerprint density at radius 1 is 1.56 bits per heavy atom. The minimum absolute atomic E-state index is 0.509. The first-order valence-electron chi connectivity index (χ1n) is 5.35. The zero-order valence-corrected chi connectivity index (χ0v) is 9.71. The topological polar surface area (TPSA) is 44.5 Å². The van der Waals surface area contributed by atoms with Crippen LogP contribution in [0.2, 0.25) is 0 Å². The van der Waals surface area contributed by atoms with E-state index < -0.39 is 0 Å². The Balaban J connectivity index is 2.34. The highest BCUT2D eigenvalue weighted by molar-refractivity contribution is 7.71. The first-order valence-corrected chi connectivity index (χ1v) is 5.76. The average Bonchev–Trinajstić information content (AvgIpc) is 2.88. The molecule has 2 unspecified atom stereocenters. The van der Waals surface area contributed by atoms with E-state index in [1.807, 2.05) is 18.2 Å². The lowest BCUT2D eigenvalue weighted by Gasteiger charge is -2.01. The molecule has 1 fully saturated rings. The van der Waals surface area contributed by atoms with Gasteiger partial charge in [-0.1, -0.05) is 13.0 Å². The Bertz CT molecular complexity index is 659. The third-order valence-electron chi connectivity index (χ3n) is 3.27. The predicted molar refractivity (Wildman–Crippen MR) is 64.7 cm³/mol. The fourth-order valence-electron chi connectivity index (χ4n) is 2.23. The number of nitriles is 1. The molecule has 1 aliphatic carbocycles. The van der Waals surface area contributed by atoms with Crippen LogP contribution in [0.15, 0.2) is 18.2 Å². The van der Waals surface area contributed by atoms with Gasteiger partial charge in [0.15, 0.2) is 4.77 Å². The Kier molecular flexibility index (Phi) is 1.92. The fraction of sp³-hybridized carbons (Fsp3) is 0.333. The Labute approximate surface area is 98.3 Å². The van der Waals surface area contributed by atoms with Crippen molar-refractivity contribution in [3.05, 3.63) is 28.5 Å². The second kappa shape index (κ2) is 3.19. The lowest BCUT2D eigenvalue weighted by Crippen LogP contribution is -1.94. The third-order valence-corrected chi connectivity index (χ3v) is 3.57. The van der Waals surface area contributed by atoms with Gasteiger partial charge in [-0.05, 0) is 36.7 Å². The van der Waals surface area contributed by atoms with Crippen molar-refractivity contribution in [2.24, 2.45) is 5.92 Å². The van der Waals surface area contributed by atoms with E-state index in [-0.39, 0.29) is 0 Å². The highest BCUT2D eigenvalue weighted by atomic mass is 32.1. The molecule has 0 spiro atoms. The molecule has 1 aromatic heterocycles. The number of imidazole rings is 1. The van der Waals surface area contributed by atoms with Crippen LogP contribution in [0.3, 0.4) is 0 Å². The summed E-state index contributed by atoms with van der Waals surface area (Å²) in [5, 5.41) is 9.03. The average molecular weight is 229 g/mol. The molecule has 16 heavy (non-hydrogen) atoms. The van der Waals surface area contributed by atoms with Gasteiger partial charge in [-0.2, -0.15) is 5.26 Å². The zero-order chi connectivity index (χ0) is 11.3. The van der Waals surface area contributed by atoms with E-state index in [4.69, 9.17) is 17.5 Å². The molecule has 0 bridgehead atoms. The number of hydrogen-bond acceptors (Lipinski definition) is 2. The van der Waals surface area contributed by atoms with Gasteiger partial charge in [-0.15, -0.1) is 0 Å². The minimum atomic E-state index is 0.509. The summed E-state index contributed by atoms with van der Waals surface area (Å²) in [4.78, 5) is 3.14. The Morgan fingerprint density at radius 3 is 2.94 bits per heavy atom. The summed E-state index contributed by atoms with van der Waals surface area (Å²) in [5.74, 6) is 0.691. The molecule has 1 heterocycles. The van der Waals surface area contributed by atoms with E-state index in [9.17, 15) is 0 Å². The molecule has 0 radical (unpaired) electrons. The van der Waals surface area contributed by atoms with Gasteiger partial charge >= 0.3 is 0 Å². The molecular weight excluding hydrogens is 218 g/mol. The van der Waals surface area contributed by atoms with Crippen molar-refractivity contribution in [3.8, 4) is 6.07 Å².